The maximum absolute atomic E-state index is 14.1. The van der Waals surface area contributed by atoms with Crippen LogP contribution in [0.15, 0.2) is 91.1 Å². The van der Waals surface area contributed by atoms with Crippen LogP contribution in [0.25, 0.3) is 10.9 Å². The van der Waals surface area contributed by atoms with Crippen molar-refractivity contribution in [2.24, 2.45) is 0 Å². The number of carbonyl (C=O) groups excluding carboxylic acids is 4. The van der Waals surface area contributed by atoms with Crippen LogP contribution in [0.1, 0.15) is 32.7 Å². The van der Waals surface area contributed by atoms with E-state index >= 15 is 0 Å². The molecule has 3 heterocycles. The molecule has 2 fully saturated rings. The number of ketones is 1. The number of fused-ring (bicyclic) bond motifs is 2. The number of aromatic nitrogens is 1. The van der Waals surface area contributed by atoms with E-state index in [0.717, 1.165) is 10.9 Å². The van der Waals surface area contributed by atoms with Gasteiger partial charge in [0.1, 0.15) is 17.8 Å². The van der Waals surface area contributed by atoms with Gasteiger partial charge >= 0.3 is 0 Å². The number of nitrogens with zero attached hydrogens (tertiary/aromatic N) is 3. The number of nitrogens with one attached hydrogen (secondary N) is 1. The van der Waals surface area contributed by atoms with Gasteiger partial charge in [-0.3, -0.25) is 24.2 Å². The molecule has 2 aliphatic rings. The lowest BCUT2D eigenvalue weighted by Gasteiger charge is -2.28. The molecule has 4 aromatic rings. The van der Waals surface area contributed by atoms with Crippen molar-refractivity contribution in [3.63, 3.8) is 0 Å². The first-order valence-electron chi connectivity index (χ1n) is 13.5. The normalized spacial score (nSPS) is 18.8. The molecular formula is C32H28N4O5. The highest BCUT2D eigenvalue weighted by Crippen LogP contribution is 2.32. The number of Topliss-reactive ketones (excluding diaryl/α,β-unsaturated/α-hetero) is 1. The fourth-order valence-electron chi connectivity index (χ4n) is 5.88. The zero-order valence-corrected chi connectivity index (χ0v) is 22.1. The van der Waals surface area contributed by atoms with E-state index in [0.29, 0.717) is 23.1 Å². The fourth-order valence-corrected chi connectivity index (χ4v) is 5.88. The summed E-state index contributed by atoms with van der Waals surface area (Å²) in [6.07, 6.45) is 2.22. The lowest BCUT2D eigenvalue weighted by atomic mass is 10.0. The molecule has 3 aromatic carbocycles. The monoisotopic (exact) mass is 548 g/mol. The molecule has 0 saturated carbocycles. The van der Waals surface area contributed by atoms with Gasteiger partial charge in [0.15, 0.2) is 5.78 Å². The summed E-state index contributed by atoms with van der Waals surface area (Å²) in [7, 11) is 0. The first-order valence-corrected chi connectivity index (χ1v) is 13.5. The van der Waals surface area contributed by atoms with E-state index in [2.05, 4.69) is 10.3 Å². The van der Waals surface area contributed by atoms with Gasteiger partial charge in [-0.15, -0.1) is 0 Å². The summed E-state index contributed by atoms with van der Waals surface area (Å²) in [4.78, 5) is 61.5. The molecule has 9 heteroatoms. The number of para-hydroxylation sites is 1. The molecule has 0 spiro atoms. The van der Waals surface area contributed by atoms with E-state index in [9.17, 15) is 24.3 Å². The quantitative estimate of drug-likeness (QED) is 0.382. The number of carbonyl (C=O) groups is 4. The summed E-state index contributed by atoms with van der Waals surface area (Å²) in [5.41, 5.74) is 2.08. The molecule has 2 aliphatic heterocycles. The zero-order valence-electron chi connectivity index (χ0n) is 22.1. The third-order valence-electron chi connectivity index (χ3n) is 7.84. The maximum Gasteiger partial charge on any atom is 0.254 e. The second-order valence-corrected chi connectivity index (χ2v) is 10.4. The molecule has 1 aromatic heterocycles. The maximum atomic E-state index is 14.1. The Morgan fingerprint density at radius 2 is 1.68 bits per heavy atom. The van der Waals surface area contributed by atoms with Crippen molar-refractivity contribution in [2.45, 2.75) is 31.0 Å². The average Bonchev–Trinajstić information content (AvgIpc) is 3.58. The number of rotatable bonds is 6. The first-order chi connectivity index (χ1) is 19.9. The second-order valence-electron chi connectivity index (χ2n) is 10.4. The second kappa shape index (κ2) is 10.8. The van der Waals surface area contributed by atoms with E-state index in [4.69, 9.17) is 0 Å². The number of hydrogen-bond donors (Lipinski definition) is 2. The third-order valence-corrected chi connectivity index (χ3v) is 7.84. The topological polar surface area (TPSA) is 120 Å². The molecular weight excluding hydrogens is 520 g/mol. The molecule has 6 rings (SSSR count). The molecule has 3 amide bonds. The summed E-state index contributed by atoms with van der Waals surface area (Å²) in [6.45, 7) is 0.222. The highest BCUT2D eigenvalue weighted by Gasteiger charge is 2.52. The highest BCUT2D eigenvalue weighted by molar-refractivity contribution is 6.07. The summed E-state index contributed by atoms with van der Waals surface area (Å²) in [5, 5.41) is 13.4. The van der Waals surface area contributed by atoms with Gasteiger partial charge in [0.25, 0.3) is 11.8 Å². The molecule has 3 atom stereocenters. The van der Waals surface area contributed by atoms with Crippen molar-refractivity contribution in [1.29, 1.82) is 0 Å². The van der Waals surface area contributed by atoms with Crippen LogP contribution >= 0.6 is 0 Å². The number of likely N-dealkylation sites (tertiary alicyclic amines) is 2. The number of amides is 3. The van der Waals surface area contributed by atoms with E-state index < -0.39 is 29.9 Å². The Kier molecular flexibility index (Phi) is 6.93. The largest absolute Gasteiger partial charge is 0.508 e. The minimum atomic E-state index is -0.989. The number of aromatic hydroxyl groups is 1. The number of pyridine rings is 1. The van der Waals surface area contributed by atoms with Crippen LogP contribution in [0.5, 0.6) is 5.75 Å². The SMILES string of the molecule is O=C(N[C@@H](Cc1ccc(O)cc1)C(=O)N1CC[C@@H]2[C@H]1C(=O)CN2C(=O)c1ccccc1)c1cccc2cccnc12. The van der Waals surface area contributed by atoms with Gasteiger partial charge in [-0.25, -0.2) is 0 Å². The van der Waals surface area contributed by atoms with E-state index in [1.807, 2.05) is 18.2 Å². The Morgan fingerprint density at radius 1 is 0.927 bits per heavy atom. The Balaban J connectivity index is 1.27. The molecule has 0 bridgehead atoms. The van der Waals surface area contributed by atoms with Crippen LogP contribution in [0.4, 0.5) is 0 Å². The summed E-state index contributed by atoms with van der Waals surface area (Å²) in [5.74, 6) is -1.20. The van der Waals surface area contributed by atoms with Gasteiger partial charge < -0.3 is 20.2 Å². The predicted molar refractivity (Wildman–Crippen MR) is 151 cm³/mol. The van der Waals surface area contributed by atoms with Crippen LogP contribution in [0, 0.1) is 0 Å². The first kappa shape index (κ1) is 26.2. The van der Waals surface area contributed by atoms with Crippen LogP contribution in [-0.2, 0) is 16.0 Å². The lowest BCUT2D eigenvalue weighted by molar-refractivity contribution is -0.138. The van der Waals surface area contributed by atoms with Crippen molar-refractivity contribution >= 4 is 34.4 Å². The van der Waals surface area contributed by atoms with Crippen LogP contribution in [0.3, 0.4) is 0 Å². The predicted octanol–water partition coefficient (Wildman–Crippen LogP) is 2.98. The van der Waals surface area contributed by atoms with Crippen LogP contribution in [-0.4, -0.2) is 74.6 Å². The molecule has 2 N–H and O–H groups in total. The van der Waals surface area contributed by atoms with Crippen LogP contribution in [0.2, 0.25) is 0 Å². The number of hydrogen-bond acceptors (Lipinski definition) is 6. The highest BCUT2D eigenvalue weighted by atomic mass is 16.3. The van der Waals surface area contributed by atoms with Crippen molar-refractivity contribution in [3.05, 3.63) is 108 Å². The Hall–Kier alpha value is -5.05. The summed E-state index contributed by atoms with van der Waals surface area (Å²) in [6, 6.07) is 21.9. The minimum absolute atomic E-state index is 0.0660. The van der Waals surface area contributed by atoms with Crippen molar-refractivity contribution in [2.75, 3.05) is 13.1 Å². The zero-order chi connectivity index (χ0) is 28.5. The average molecular weight is 549 g/mol. The van der Waals surface area contributed by atoms with E-state index in [1.54, 1.807) is 65.7 Å². The molecule has 41 heavy (non-hydrogen) atoms. The van der Waals surface area contributed by atoms with E-state index in [-0.39, 0.29) is 37.0 Å². The Morgan fingerprint density at radius 3 is 2.46 bits per heavy atom. The number of phenols is 1. The van der Waals surface area contributed by atoms with Crippen molar-refractivity contribution in [1.82, 2.24) is 20.1 Å². The standard InChI is InChI=1S/C32H28N4O5/c37-23-13-11-20(12-14-23)18-25(34-30(39)24-10-4-8-21-9-5-16-33-28(21)24)32(41)35-17-15-26-29(35)27(38)19-36(26)31(40)22-6-2-1-3-7-22/h1-14,16,25-26,29,37H,15,17-19H2,(H,34,39)/t25-,26+,29-/m0/s1. The van der Waals surface area contributed by atoms with Gasteiger partial charge in [-0.1, -0.05) is 48.5 Å². The van der Waals surface area contributed by atoms with Gasteiger partial charge in [0, 0.05) is 30.1 Å². The summed E-state index contributed by atoms with van der Waals surface area (Å²) >= 11 is 0. The number of phenolic OH excluding ortho intramolecular Hbond substituents is 1. The van der Waals surface area contributed by atoms with Gasteiger partial charge in [0.05, 0.1) is 23.7 Å². The number of benzene rings is 3. The van der Waals surface area contributed by atoms with Gasteiger partial charge in [0.2, 0.25) is 5.91 Å². The smallest absolute Gasteiger partial charge is 0.254 e. The van der Waals surface area contributed by atoms with Crippen molar-refractivity contribution < 1.29 is 24.3 Å². The van der Waals surface area contributed by atoms with Gasteiger partial charge in [-0.05, 0) is 48.4 Å². The molecule has 0 unspecified atom stereocenters. The Labute approximate surface area is 236 Å². The molecule has 0 aliphatic carbocycles. The van der Waals surface area contributed by atoms with Gasteiger partial charge in [-0.2, -0.15) is 0 Å². The fraction of sp³-hybridized carbons (Fsp3) is 0.219. The summed E-state index contributed by atoms with van der Waals surface area (Å²) < 4.78 is 0. The Bertz CT molecular complexity index is 1630. The molecule has 2 saturated heterocycles. The minimum Gasteiger partial charge on any atom is -0.508 e. The molecule has 206 valence electrons. The van der Waals surface area contributed by atoms with E-state index in [1.165, 1.54) is 17.0 Å². The van der Waals surface area contributed by atoms with Crippen LogP contribution < -0.4 is 5.32 Å². The molecule has 9 nitrogen and oxygen atoms in total. The van der Waals surface area contributed by atoms with Crippen molar-refractivity contribution in [3.8, 4) is 5.75 Å². The lowest BCUT2D eigenvalue weighted by Crippen LogP contribution is -2.53. The molecule has 0 radical (unpaired) electrons. The third kappa shape index (κ3) is 5.02.